The molecule has 1 aromatic heterocycles. The molecule has 178 valence electrons. The van der Waals surface area contributed by atoms with Gasteiger partial charge in [-0.3, -0.25) is 19.0 Å². The Morgan fingerprint density at radius 2 is 1.76 bits per heavy atom. The molecule has 0 spiro atoms. The molecule has 4 rings (SSSR count). The fourth-order valence-electron chi connectivity index (χ4n) is 4.36. The number of likely N-dealkylation sites (tertiary alicyclic amines) is 1. The lowest BCUT2D eigenvalue weighted by molar-refractivity contribution is -0.151. The average molecular weight is 480 g/mol. The maximum Gasteiger partial charge on any atom is 0.309 e. The molecule has 7 nitrogen and oxygen atoms in total. The molecule has 0 N–H and O–H groups in total. The highest BCUT2D eigenvalue weighted by Crippen LogP contribution is 2.24. The number of benzene rings is 2. The first-order chi connectivity index (χ1) is 16.4. The Morgan fingerprint density at radius 3 is 2.44 bits per heavy atom. The number of para-hydroxylation sites is 1. The van der Waals surface area contributed by atoms with Gasteiger partial charge < -0.3 is 9.64 Å². The average Bonchev–Trinajstić information content (AvgIpc) is 2.82. The summed E-state index contributed by atoms with van der Waals surface area (Å²) in [4.78, 5) is 44.9. The number of fused-ring (bicyclic) bond motifs is 1. The number of carbonyl (C=O) groups excluding carboxylic acids is 2. The molecule has 0 bridgehead atoms. The van der Waals surface area contributed by atoms with Crippen LogP contribution in [0.25, 0.3) is 16.6 Å². The van der Waals surface area contributed by atoms with Gasteiger partial charge in [-0.2, -0.15) is 0 Å². The van der Waals surface area contributed by atoms with Crippen molar-refractivity contribution in [1.82, 2.24) is 14.5 Å². The minimum Gasteiger partial charge on any atom is -0.466 e. The third-order valence-electron chi connectivity index (χ3n) is 6.00. The van der Waals surface area contributed by atoms with E-state index in [-0.39, 0.29) is 29.1 Å². The van der Waals surface area contributed by atoms with E-state index in [1.165, 1.54) is 11.8 Å². The molecular weight excluding hydrogens is 450 g/mol. The Labute approximate surface area is 203 Å². The molecule has 1 saturated heterocycles. The summed E-state index contributed by atoms with van der Waals surface area (Å²) in [6.45, 7) is 7.20. The summed E-state index contributed by atoms with van der Waals surface area (Å²) in [6, 6.07) is 13.2. The quantitative estimate of drug-likeness (QED) is 0.303. The van der Waals surface area contributed by atoms with Crippen molar-refractivity contribution in [2.45, 2.75) is 38.8 Å². The molecule has 3 aromatic rings. The van der Waals surface area contributed by atoms with E-state index in [2.05, 4.69) is 6.07 Å². The van der Waals surface area contributed by atoms with E-state index in [0.29, 0.717) is 48.6 Å². The minimum atomic E-state index is -0.179. The SMILES string of the molecule is CCOC(=O)C1CCN(C(=O)CSc2nc3ccccc3c(=O)n2-c2cc(C)cc(C)c2)CC1. The molecule has 1 aliphatic heterocycles. The first kappa shape index (κ1) is 24.0. The molecule has 1 fully saturated rings. The molecule has 0 saturated carbocycles. The van der Waals surface area contributed by atoms with Crippen LogP contribution in [0.15, 0.2) is 52.4 Å². The maximum atomic E-state index is 13.4. The number of thioether (sulfide) groups is 1. The zero-order valence-corrected chi connectivity index (χ0v) is 20.6. The van der Waals surface area contributed by atoms with Crippen LogP contribution >= 0.6 is 11.8 Å². The van der Waals surface area contributed by atoms with Gasteiger partial charge in [0.05, 0.1) is 34.9 Å². The molecule has 0 aliphatic carbocycles. The number of rotatable bonds is 6. The predicted molar refractivity (Wildman–Crippen MR) is 133 cm³/mol. The molecule has 1 aliphatic rings. The molecule has 0 radical (unpaired) electrons. The second-order valence-corrected chi connectivity index (χ2v) is 9.54. The summed E-state index contributed by atoms with van der Waals surface area (Å²) in [5.41, 5.74) is 3.29. The fourth-order valence-corrected chi connectivity index (χ4v) is 5.27. The summed E-state index contributed by atoms with van der Waals surface area (Å²) in [5, 5.41) is 1.03. The number of carbonyl (C=O) groups is 2. The van der Waals surface area contributed by atoms with Gasteiger partial charge in [0.1, 0.15) is 0 Å². The van der Waals surface area contributed by atoms with Crippen LogP contribution in [0.3, 0.4) is 0 Å². The summed E-state index contributed by atoms with van der Waals surface area (Å²) < 4.78 is 6.72. The van der Waals surface area contributed by atoms with Crippen molar-refractivity contribution in [1.29, 1.82) is 0 Å². The van der Waals surface area contributed by atoms with Gasteiger partial charge in [0.25, 0.3) is 5.56 Å². The van der Waals surface area contributed by atoms with Gasteiger partial charge in [0.15, 0.2) is 5.16 Å². The number of nitrogens with zero attached hydrogens (tertiary/aromatic N) is 3. The number of hydrogen-bond acceptors (Lipinski definition) is 6. The normalized spacial score (nSPS) is 14.4. The molecule has 34 heavy (non-hydrogen) atoms. The number of amides is 1. The second kappa shape index (κ2) is 10.4. The summed E-state index contributed by atoms with van der Waals surface area (Å²) in [5.74, 6) is -0.184. The Morgan fingerprint density at radius 1 is 1.09 bits per heavy atom. The van der Waals surface area contributed by atoms with Crippen molar-refractivity contribution in [3.63, 3.8) is 0 Å². The molecule has 0 unspecified atom stereocenters. The first-order valence-electron chi connectivity index (χ1n) is 11.5. The van der Waals surface area contributed by atoms with Crippen molar-refractivity contribution >= 4 is 34.5 Å². The largest absolute Gasteiger partial charge is 0.466 e. The zero-order valence-electron chi connectivity index (χ0n) is 19.7. The van der Waals surface area contributed by atoms with Crippen LogP contribution in [-0.4, -0.2) is 51.8 Å². The molecule has 8 heteroatoms. The van der Waals surface area contributed by atoms with Gasteiger partial charge in [-0.1, -0.05) is 30.0 Å². The summed E-state index contributed by atoms with van der Waals surface area (Å²) in [6.07, 6.45) is 1.22. The van der Waals surface area contributed by atoms with E-state index in [4.69, 9.17) is 9.72 Å². The monoisotopic (exact) mass is 479 g/mol. The number of hydrogen-bond donors (Lipinski definition) is 0. The van der Waals surface area contributed by atoms with Crippen LogP contribution in [-0.2, 0) is 14.3 Å². The highest BCUT2D eigenvalue weighted by molar-refractivity contribution is 7.99. The Hall–Kier alpha value is -3.13. The van der Waals surface area contributed by atoms with Crippen molar-refractivity contribution in [3.05, 3.63) is 63.9 Å². The lowest BCUT2D eigenvalue weighted by atomic mass is 9.97. The lowest BCUT2D eigenvalue weighted by Gasteiger charge is -2.30. The lowest BCUT2D eigenvalue weighted by Crippen LogP contribution is -2.41. The molecule has 1 amide bonds. The van der Waals surface area contributed by atoms with Gasteiger partial charge in [-0.15, -0.1) is 0 Å². The summed E-state index contributed by atoms with van der Waals surface area (Å²) in [7, 11) is 0. The standard InChI is InChI=1S/C26H29N3O4S/c1-4-33-25(32)19-9-11-28(12-10-19)23(30)16-34-26-27-22-8-6-5-7-21(22)24(31)29(26)20-14-17(2)13-18(3)15-20/h5-8,13-15,19H,4,9-12,16H2,1-3H3. The van der Waals surface area contributed by atoms with Gasteiger partial charge in [0, 0.05) is 13.1 Å². The van der Waals surface area contributed by atoms with Crippen molar-refractivity contribution in [2.24, 2.45) is 5.92 Å². The number of aryl methyl sites for hydroxylation is 2. The van der Waals surface area contributed by atoms with E-state index in [0.717, 1.165) is 16.8 Å². The first-order valence-corrected chi connectivity index (χ1v) is 12.5. The zero-order chi connectivity index (χ0) is 24.2. The Bertz CT molecular complexity index is 1260. The Balaban J connectivity index is 1.57. The van der Waals surface area contributed by atoms with E-state index in [9.17, 15) is 14.4 Å². The molecule has 2 aromatic carbocycles. The van der Waals surface area contributed by atoms with Crippen molar-refractivity contribution in [2.75, 3.05) is 25.4 Å². The van der Waals surface area contributed by atoms with Gasteiger partial charge in [-0.05, 0) is 69.0 Å². The number of esters is 1. The van der Waals surface area contributed by atoms with Crippen LogP contribution in [0.5, 0.6) is 0 Å². The van der Waals surface area contributed by atoms with Crippen LogP contribution in [0.2, 0.25) is 0 Å². The third kappa shape index (κ3) is 5.17. The topological polar surface area (TPSA) is 81.5 Å². The molecule has 2 heterocycles. The number of piperidine rings is 1. The van der Waals surface area contributed by atoms with Gasteiger partial charge in [-0.25, -0.2) is 4.98 Å². The third-order valence-corrected chi connectivity index (χ3v) is 6.93. The molecule has 0 atom stereocenters. The van der Waals surface area contributed by atoms with E-state index < -0.39 is 0 Å². The summed E-state index contributed by atoms with van der Waals surface area (Å²) >= 11 is 1.27. The predicted octanol–water partition coefficient (Wildman–Crippen LogP) is 3.90. The maximum absolute atomic E-state index is 13.4. The minimum absolute atomic E-state index is 0.0262. The second-order valence-electron chi connectivity index (χ2n) is 8.59. The highest BCUT2D eigenvalue weighted by atomic mass is 32.2. The smallest absolute Gasteiger partial charge is 0.309 e. The van der Waals surface area contributed by atoms with E-state index in [1.807, 2.05) is 44.2 Å². The van der Waals surface area contributed by atoms with Crippen LogP contribution < -0.4 is 5.56 Å². The number of ether oxygens (including phenoxy) is 1. The van der Waals surface area contributed by atoms with Crippen LogP contribution in [0, 0.1) is 19.8 Å². The van der Waals surface area contributed by atoms with Gasteiger partial charge >= 0.3 is 5.97 Å². The van der Waals surface area contributed by atoms with Crippen molar-refractivity contribution in [3.8, 4) is 5.69 Å². The van der Waals surface area contributed by atoms with Crippen LogP contribution in [0.4, 0.5) is 0 Å². The van der Waals surface area contributed by atoms with Crippen molar-refractivity contribution < 1.29 is 14.3 Å². The number of aromatic nitrogens is 2. The molecular formula is C26H29N3O4S. The van der Waals surface area contributed by atoms with E-state index >= 15 is 0 Å². The van der Waals surface area contributed by atoms with E-state index in [1.54, 1.807) is 22.5 Å². The Kier molecular flexibility index (Phi) is 7.36. The van der Waals surface area contributed by atoms with Gasteiger partial charge in [0.2, 0.25) is 5.91 Å². The highest BCUT2D eigenvalue weighted by Gasteiger charge is 2.28. The van der Waals surface area contributed by atoms with Crippen LogP contribution in [0.1, 0.15) is 30.9 Å². The fraction of sp³-hybridized carbons (Fsp3) is 0.385.